The van der Waals surface area contributed by atoms with Gasteiger partial charge in [0.25, 0.3) is 0 Å². The molecule has 0 spiro atoms. The molecule has 1 aromatic carbocycles. The Kier molecular flexibility index (Phi) is 3.92. The smallest absolute Gasteiger partial charge is 0.198 e. The van der Waals surface area contributed by atoms with E-state index in [1.807, 2.05) is 18.2 Å². The summed E-state index contributed by atoms with van der Waals surface area (Å²) in [7, 11) is 0. The Morgan fingerprint density at radius 1 is 1.45 bits per heavy atom. The van der Waals surface area contributed by atoms with E-state index in [9.17, 15) is 0 Å². The highest BCUT2D eigenvalue weighted by atomic mass is 16.5. The monoisotopic (exact) mass is 274 g/mol. The first kappa shape index (κ1) is 13.4. The third kappa shape index (κ3) is 2.96. The van der Waals surface area contributed by atoms with Crippen LogP contribution in [0.15, 0.2) is 22.6 Å². The van der Waals surface area contributed by atoms with Gasteiger partial charge in [-0.1, -0.05) is 13.8 Å². The summed E-state index contributed by atoms with van der Waals surface area (Å²) >= 11 is 0. The molecule has 0 aliphatic carbocycles. The van der Waals surface area contributed by atoms with Crippen molar-refractivity contribution in [3.63, 3.8) is 0 Å². The average molecular weight is 274 g/mol. The number of benzene rings is 1. The largest absolute Gasteiger partial charge is 0.493 e. The third-order valence-corrected chi connectivity index (χ3v) is 3.75. The predicted octanol–water partition coefficient (Wildman–Crippen LogP) is 3.33. The van der Waals surface area contributed by atoms with E-state index in [1.54, 1.807) is 0 Å². The molecule has 1 atom stereocenters. The summed E-state index contributed by atoms with van der Waals surface area (Å²) in [5.41, 5.74) is 1.72. The van der Waals surface area contributed by atoms with E-state index in [1.165, 1.54) is 12.8 Å². The van der Waals surface area contributed by atoms with Crippen LogP contribution in [-0.4, -0.2) is 24.7 Å². The lowest BCUT2D eigenvalue weighted by atomic mass is 10.0. The maximum atomic E-state index is 5.90. The molecule has 1 unspecified atom stereocenters. The van der Waals surface area contributed by atoms with Crippen molar-refractivity contribution in [1.29, 1.82) is 0 Å². The van der Waals surface area contributed by atoms with E-state index >= 15 is 0 Å². The van der Waals surface area contributed by atoms with Gasteiger partial charge < -0.3 is 14.5 Å². The minimum Gasteiger partial charge on any atom is -0.493 e. The molecule has 1 saturated heterocycles. The van der Waals surface area contributed by atoms with Gasteiger partial charge in [0.15, 0.2) is 11.5 Å². The summed E-state index contributed by atoms with van der Waals surface area (Å²) in [5.74, 6) is 2.57. The molecular weight excluding hydrogens is 252 g/mol. The molecule has 1 N–H and O–H groups in total. The first-order chi connectivity index (χ1) is 9.72. The minimum absolute atomic E-state index is 0.306. The predicted molar refractivity (Wildman–Crippen MR) is 79.2 cm³/mol. The highest BCUT2D eigenvalue weighted by Crippen LogP contribution is 2.25. The Bertz CT molecular complexity index is 571. The molecule has 3 rings (SSSR count). The van der Waals surface area contributed by atoms with Crippen molar-refractivity contribution in [2.24, 2.45) is 5.92 Å². The van der Waals surface area contributed by atoms with Gasteiger partial charge in [0.05, 0.1) is 6.61 Å². The standard InChI is InChI=1S/C16H22N2O2/c1-11(2)16-18-14-6-5-13(8-15(14)20-16)19-10-12-4-3-7-17-9-12/h5-6,8,11-12,17H,3-4,7,9-10H2,1-2H3. The topological polar surface area (TPSA) is 47.3 Å². The highest BCUT2D eigenvalue weighted by molar-refractivity contribution is 5.74. The van der Waals surface area contributed by atoms with Gasteiger partial charge in [-0.15, -0.1) is 0 Å². The molecule has 0 radical (unpaired) electrons. The highest BCUT2D eigenvalue weighted by Gasteiger charge is 2.14. The summed E-state index contributed by atoms with van der Waals surface area (Å²) in [5, 5.41) is 3.41. The van der Waals surface area contributed by atoms with E-state index in [-0.39, 0.29) is 0 Å². The number of rotatable bonds is 4. The van der Waals surface area contributed by atoms with Crippen LogP contribution in [0.1, 0.15) is 38.5 Å². The van der Waals surface area contributed by atoms with Gasteiger partial charge in [0, 0.05) is 24.4 Å². The number of piperidine rings is 1. The molecule has 1 aliphatic rings. The maximum Gasteiger partial charge on any atom is 0.198 e. The number of nitrogens with zero attached hydrogens (tertiary/aromatic N) is 1. The quantitative estimate of drug-likeness (QED) is 0.929. The number of fused-ring (bicyclic) bond motifs is 1. The molecular formula is C16H22N2O2. The lowest BCUT2D eigenvalue weighted by molar-refractivity contribution is 0.218. The fourth-order valence-corrected chi connectivity index (χ4v) is 2.54. The number of oxazole rings is 1. The molecule has 0 amide bonds. The second-order valence-corrected chi connectivity index (χ2v) is 5.86. The summed E-state index contributed by atoms with van der Waals surface area (Å²) in [6.07, 6.45) is 2.49. The van der Waals surface area contributed by atoms with Crippen LogP contribution in [0, 0.1) is 5.92 Å². The Balaban J connectivity index is 1.68. The molecule has 20 heavy (non-hydrogen) atoms. The molecule has 4 heteroatoms. The zero-order chi connectivity index (χ0) is 13.9. The van der Waals surface area contributed by atoms with Crippen LogP contribution in [0.3, 0.4) is 0 Å². The minimum atomic E-state index is 0.306. The van der Waals surface area contributed by atoms with Crippen molar-refractivity contribution >= 4 is 11.1 Å². The van der Waals surface area contributed by atoms with Crippen molar-refractivity contribution in [3.05, 3.63) is 24.1 Å². The zero-order valence-corrected chi connectivity index (χ0v) is 12.2. The van der Waals surface area contributed by atoms with Crippen LogP contribution < -0.4 is 10.1 Å². The summed E-state index contributed by atoms with van der Waals surface area (Å²) < 4.78 is 11.7. The number of ether oxygens (including phenoxy) is 1. The Labute approximate surface area is 119 Å². The van der Waals surface area contributed by atoms with Gasteiger partial charge in [-0.25, -0.2) is 4.98 Å². The Morgan fingerprint density at radius 3 is 3.10 bits per heavy atom. The van der Waals surface area contributed by atoms with Gasteiger partial charge >= 0.3 is 0 Å². The van der Waals surface area contributed by atoms with Crippen LogP contribution in [0.5, 0.6) is 5.75 Å². The SMILES string of the molecule is CC(C)c1nc2ccc(OCC3CCCNC3)cc2o1. The fraction of sp³-hybridized carbons (Fsp3) is 0.562. The number of hydrogen-bond donors (Lipinski definition) is 1. The number of nitrogens with one attached hydrogen (secondary N) is 1. The number of hydrogen-bond acceptors (Lipinski definition) is 4. The molecule has 108 valence electrons. The molecule has 1 aromatic heterocycles. The van der Waals surface area contributed by atoms with Crippen molar-refractivity contribution < 1.29 is 9.15 Å². The van der Waals surface area contributed by atoms with Crippen LogP contribution in [0.25, 0.3) is 11.1 Å². The molecule has 1 fully saturated rings. The Morgan fingerprint density at radius 2 is 2.35 bits per heavy atom. The zero-order valence-electron chi connectivity index (χ0n) is 12.2. The van der Waals surface area contributed by atoms with Gasteiger partial charge in [0.2, 0.25) is 0 Å². The molecule has 0 bridgehead atoms. The molecule has 2 aromatic rings. The summed E-state index contributed by atoms with van der Waals surface area (Å²) in [4.78, 5) is 4.47. The summed E-state index contributed by atoms with van der Waals surface area (Å²) in [6.45, 7) is 7.13. The molecule has 4 nitrogen and oxygen atoms in total. The molecule has 0 saturated carbocycles. The van der Waals surface area contributed by atoms with Crippen LogP contribution in [0.4, 0.5) is 0 Å². The normalized spacial score (nSPS) is 19.6. The number of aromatic nitrogens is 1. The third-order valence-electron chi connectivity index (χ3n) is 3.75. The van der Waals surface area contributed by atoms with Gasteiger partial charge in [0.1, 0.15) is 11.3 Å². The van der Waals surface area contributed by atoms with Gasteiger partial charge in [-0.3, -0.25) is 0 Å². The lowest BCUT2D eigenvalue weighted by Gasteiger charge is -2.22. The van der Waals surface area contributed by atoms with E-state index < -0.39 is 0 Å². The van der Waals surface area contributed by atoms with Gasteiger partial charge in [-0.05, 0) is 31.5 Å². The molecule has 2 heterocycles. The van der Waals surface area contributed by atoms with E-state index in [4.69, 9.17) is 9.15 Å². The first-order valence-corrected chi connectivity index (χ1v) is 7.46. The van der Waals surface area contributed by atoms with Crippen LogP contribution >= 0.6 is 0 Å². The fourth-order valence-electron chi connectivity index (χ4n) is 2.54. The van der Waals surface area contributed by atoms with E-state index in [2.05, 4.69) is 24.1 Å². The Hall–Kier alpha value is -1.55. The van der Waals surface area contributed by atoms with Crippen molar-refractivity contribution in [1.82, 2.24) is 10.3 Å². The first-order valence-electron chi connectivity index (χ1n) is 7.46. The maximum absolute atomic E-state index is 5.90. The lowest BCUT2D eigenvalue weighted by Crippen LogP contribution is -2.33. The summed E-state index contributed by atoms with van der Waals surface area (Å²) in [6, 6.07) is 5.90. The van der Waals surface area contributed by atoms with Gasteiger partial charge in [-0.2, -0.15) is 0 Å². The second-order valence-electron chi connectivity index (χ2n) is 5.86. The molecule has 1 aliphatic heterocycles. The van der Waals surface area contributed by atoms with Crippen LogP contribution in [-0.2, 0) is 0 Å². The average Bonchev–Trinajstić information content (AvgIpc) is 2.89. The van der Waals surface area contributed by atoms with Crippen molar-refractivity contribution in [3.8, 4) is 5.75 Å². The van der Waals surface area contributed by atoms with E-state index in [0.29, 0.717) is 11.8 Å². The van der Waals surface area contributed by atoms with Crippen molar-refractivity contribution in [2.75, 3.05) is 19.7 Å². The van der Waals surface area contributed by atoms with Crippen LogP contribution in [0.2, 0.25) is 0 Å². The second kappa shape index (κ2) is 5.83. The van der Waals surface area contributed by atoms with Crippen molar-refractivity contribution in [2.45, 2.75) is 32.6 Å². The van der Waals surface area contributed by atoms with E-state index in [0.717, 1.165) is 42.4 Å².